The van der Waals surface area contributed by atoms with E-state index in [2.05, 4.69) is 50.5 Å². The second-order valence-electron chi connectivity index (χ2n) is 5.72. The van der Waals surface area contributed by atoms with Crippen molar-refractivity contribution in [2.45, 2.75) is 58.9 Å². The molecule has 18 heavy (non-hydrogen) atoms. The summed E-state index contributed by atoms with van der Waals surface area (Å²) in [5.74, 6) is 1.54. The van der Waals surface area contributed by atoms with Gasteiger partial charge in [0.15, 0.2) is 0 Å². The van der Waals surface area contributed by atoms with E-state index in [1.807, 2.05) is 11.3 Å². The van der Waals surface area contributed by atoms with Gasteiger partial charge in [0.1, 0.15) is 0 Å². The molecular weight excluding hydrogens is 238 g/mol. The lowest BCUT2D eigenvalue weighted by Crippen LogP contribution is -2.63. The molecule has 0 saturated heterocycles. The fourth-order valence-corrected chi connectivity index (χ4v) is 5.21. The highest BCUT2D eigenvalue weighted by Crippen LogP contribution is 2.61. The van der Waals surface area contributed by atoms with Gasteiger partial charge in [0.25, 0.3) is 0 Å². The van der Waals surface area contributed by atoms with Gasteiger partial charge in [0.2, 0.25) is 0 Å². The number of hydrogen-bond donors (Lipinski definition) is 1. The van der Waals surface area contributed by atoms with Crippen molar-refractivity contribution < 1.29 is 0 Å². The van der Waals surface area contributed by atoms with Crippen molar-refractivity contribution in [1.82, 2.24) is 5.32 Å². The zero-order valence-electron chi connectivity index (χ0n) is 12.2. The van der Waals surface area contributed by atoms with Crippen molar-refractivity contribution in [1.29, 1.82) is 0 Å². The van der Waals surface area contributed by atoms with E-state index in [4.69, 9.17) is 0 Å². The molecule has 1 aliphatic carbocycles. The van der Waals surface area contributed by atoms with E-state index in [0.29, 0.717) is 11.5 Å². The predicted molar refractivity (Wildman–Crippen MR) is 81.3 cm³/mol. The summed E-state index contributed by atoms with van der Waals surface area (Å²) in [4.78, 5) is 1.60. The van der Waals surface area contributed by atoms with E-state index in [9.17, 15) is 0 Å². The largest absolute Gasteiger partial charge is 0.313 e. The second-order valence-corrected chi connectivity index (χ2v) is 6.70. The summed E-state index contributed by atoms with van der Waals surface area (Å²) in [6, 6.07) is 5.25. The highest BCUT2D eigenvalue weighted by atomic mass is 32.1. The third-order valence-electron chi connectivity index (χ3n) is 5.07. The van der Waals surface area contributed by atoms with Gasteiger partial charge in [0.05, 0.1) is 0 Å². The van der Waals surface area contributed by atoms with Crippen LogP contribution in [0.2, 0.25) is 0 Å². The molecule has 0 radical (unpaired) electrons. The van der Waals surface area contributed by atoms with E-state index in [1.165, 1.54) is 19.3 Å². The monoisotopic (exact) mass is 265 g/mol. The summed E-state index contributed by atoms with van der Waals surface area (Å²) in [6.45, 7) is 10.6. The van der Waals surface area contributed by atoms with Crippen LogP contribution in [0.1, 0.15) is 57.8 Å². The zero-order chi connectivity index (χ0) is 13.2. The van der Waals surface area contributed by atoms with Crippen LogP contribution in [0.3, 0.4) is 0 Å². The normalized spacial score (nSPS) is 30.1. The van der Waals surface area contributed by atoms with Crippen LogP contribution in [0.5, 0.6) is 0 Å². The Morgan fingerprint density at radius 3 is 2.50 bits per heavy atom. The maximum Gasteiger partial charge on any atom is 0.0161 e. The molecule has 1 nitrogen and oxygen atoms in total. The maximum atomic E-state index is 3.81. The summed E-state index contributed by atoms with van der Waals surface area (Å²) in [7, 11) is 0. The molecule has 1 heterocycles. The summed E-state index contributed by atoms with van der Waals surface area (Å²) in [6.07, 6.45) is 3.81. The summed E-state index contributed by atoms with van der Waals surface area (Å²) in [5, 5.41) is 6.03. The van der Waals surface area contributed by atoms with Crippen molar-refractivity contribution in [3.05, 3.63) is 22.4 Å². The Labute approximate surface area is 116 Å². The number of nitrogens with one attached hydrogen (secondary N) is 1. The molecule has 0 bridgehead atoms. The van der Waals surface area contributed by atoms with Gasteiger partial charge in [0, 0.05) is 16.8 Å². The molecule has 1 aromatic rings. The van der Waals surface area contributed by atoms with Crippen LogP contribution < -0.4 is 5.32 Å². The first-order valence-corrected chi connectivity index (χ1v) is 8.36. The van der Waals surface area contributed by atoms with E-state index in [1.54, 1.807) is 4.88 Å². The van der Waals surface area contributed by atoms with E-state index in [-0.39, 0.29) is 0 Å². The van der Waals surface area contributed by atoms with Gasteiger partial charge < -0.3 is 5.32 Å². The highest BCUT2D eigenvalue weighted by molar-refractivity contribution is 7.10. The summed E-state index contributed by atoms with van der Waals surface area (Å²) >= 11 is 1.94. The van der Waals surface area contributed by atoms with Crippen molar-refractivity contribution in [2.24, 2.45) is 11.3 Å². The van der Waals surface area contributed by atoms with Gasteiger partial charge in [-0.05, 0) is 48.6 Å². The fraction of sp³-hybridized carbons (Fsp3) is 0.750. The maximum absolute atomic E-state index is 3.81. The Morgan fingerprint density at radius 2 is 2.00 bits per heavy atom. The van der Waals surface area contributed by atoms with Crippen molar-refractivity contribution in [3.63, 3.8) is 0 Å². The standard InChI is InChI=1S/C16H27NS/c1-5-10-17-15-12(4)14(13-9-8-11-18-13)16(15,6-2)7-3/h8-9,11-12,14-15,17H,5-7,10H2,1-4H3. The van der Waals surface area contributed by atoms with Crippen molar-refractivity contribution >= 4 is 11.3 Å². The van der Waals surface area contributed by atoms with Gasteiger partial charge in [-0.15, -0.1) is 11.3 Å². The average Bonchev–Trinajstić information content (AvgIpc) is 2.89. The molecule has 3 unspecified atom stereocenters. The molecule has 2 heteroatoms. The van der Waals surface area contributed by atoms with Crippen LogP contribution in [0, 0.1) is 11.3 Å². The topological polar surface area (TPSA) is 12.0 Å². The molecule has 1 fully saturated rings. The first-order chi connectivity index (χ1) is 8.71. The molecule has 2 rings (SSSR count). The Morgan fingerprint density at radius 1 is 1.28 bits per heavy atom. The lowest BCUT2D eigenvalue weighted by atomic mass is 9.48. The molecule has 1 aromatic heterocycles. The minimum absolute atomic E-state index is 0.486. The molecule has 0 aliphatic heterocycles. The minimum atomic E-state index is 0.486. The first-order valence-electron chi connectivity index (χ1n) is 7.48. The SMILES string of the molecule is CCCNC1C(C)C(c2cccs2)C1(CC)CC. The predicted octanol–water partition coefficient (Wildman–Crippen LogP) is 4.66. The van der Waals surface area contributed by atoms with Crippen LogP contribution in [0.4, 0.5) is 0 Å². The van der Waals surface area contributed by atoms with Gasteiger partial charge in [-0.25, -0.2) is 0 Å². The molecule has 1 aliphatic rings. The molecular formula is C16H27NS. The Hall–Kier alpha value is -0.340. The smallest absolute Gasteiger partial charge is 0.0161 e. The van der Waals surface area contributed by atoms with Crippen LogP contribution in [0.25, 0.3) is 0 Å². The second kappa shape index (κ2) is 5.75. The molecule has 0 spiro atoms. The molecule has 1 N–H and O–H groups in total. The molecule has 1 saturated carbocycles. The number of thiophene rings is 1. The number of rotatable bonds is 6. The minimum Gasteiger partial charge on any atom is -0.313 e. The first kappa shape index (κ1) is 14.1. The number of hydrogen-bond acceptors (Lipinski definition) is 2. The van der Waals surface area contributed by atoms with Crippen molar-refractivity contribution in [3.8, 4) is 0 Å². The Kier molecular flexibility index (Phi) is 4.50. The lowest BCUT2D eigenvalue weighted by Gasteiger charge is -2.61. The highest BCUT2D eigenvalue weighted by Gasteiger charge is 2.57. The van der Waals surface area contributed by atoms with Crippen LogP contribution >= 0.6 is 11.3 Å². The summed E-state index contributed by atoms with van der Waals surface area (Å²) in [5.41, 5.74) is 0.486. The molecule has 102 valence electrons. The lowest BCUT2D eigenvalue weighted by molar-refractivity contribution is -0.0376. The van der Waals surface area contributed by atoms with Crippen LogP contribution in [-0.2, 0) is 0 Å². The van der Waals surface area contributed by atoms with Gasteiger partial charge in [-0.2, -0.15) is 0 Å². The average molecular weight is 265 g/mol. The zero-order valence-corrected chi connectivity index (χ0v) is 13.0. The Balaban J connectivity index is 2.21. The Bertz CT molecular complexity index is 353. The van der Waals surface area contributed by atoms with E-state index in [0.717, 1.165) is 18.4 Å². The van der Waals surface area contributed by atoms with E-state index < -0.39 is 0 Å². The molecule has 3 atom stereocenters. The van der Waals surface area contributed by atoms with Gasteiger partial charge in [-0.1, -0.05) is 33.8 Å². The van der Waals surface area contributed by atoms with Gasteiger partial charge in [-0.3, -0.25) is 0 Å². The molecule has 0 amide bonds. The summed E-state index contributed by atoms with van der Waals surface area (Å²) < 4.78 is 0. The van der Waals surface area contributed by atoms with Crippen molar-refractivity contribution in [2.75, 3.05) is 6.54 Å². The third-order valence-corrected chi connectivity index (χ3v) is 6.03. The van der Waals surface area contributed by atoms with E-state index >= 15 is 0 Å². The van der Waals surface area contributed by atoms with Crippen LogP contribution in [-0.4, -0.2) is 12.6 Å². The fourth-order valence-electron chi connectivity index (χ4n) is 4.14. The quantitative estimate of drug-likeness (QED) is 0.789. The molecule has 0 aromatic carbocycles. The third kappa shape index (κ3) is 2.04. The van der Waals surface area contributed by atoms with Gasteiger partial charge >= 0.3 is 0 Å². The van der Waals surface area contributed by atoms with Crippen LogP contribution in [0.15, 0.2) is 17.5 Å².